The third kappa shape index (κ3) is 7.75. The lowest BCUT2D eigenvalue weighted by molar-refractivity contribution is -0.365. The van der Waals surface area contributed by atoms with Crippen LogP contribution < -0.4 is 0 Å². The number of allylic oxidation sites excluding steroid dienone is 2. The van der Waals surface area contributed by atoms with E-state index in [4.69, 9.17) is 28.4 Å². The first-order valence-electron chi connectivity index (χ1n) is 19.9. The third-order valence-corrected chi connectivity index (χ3v) is 14.3. The number of rotatable bonds is 11. The highest BCUT2D eigenvalue weighted by molar-refractivity contribution is 5.25. The van der Waals surface area contributed by atoms with E-state index in [-0.39, 0.29) is 23.9 Å². The summed E-state index contributed by atoms with van der Waals surface area (Å²) in [5, 5.41) is 126. The van der Waals surface area contributed by atoms with E-state index in [1.165, 1.54) is 6.92 Å². The highest BCUT2D eigenvalue weighted by Gasteiger charge is 2.60. The van der Waals surface area contributed by atoms with Crippen LogP contribution in [0.1, 0.15) is 66.2 Å². The Labute approximate surface area is 326 Å². The van der Waals surface area contributed by atoms with Crippen molar-refractivity contribution in [2.24, 2.45) is 28.1 Å². The lowest BCUT2D eigenvalue weighted by atomic mass is 9.45. The Hall–Kier alpha value is -0.980. The lowest BCUT2D eigenvalue weighted by Crippen LogP contribution is -2.65. The fourth-order valence-electron chi connectivity index (χ4n) is 10.8. The van der Waals surface area contributed by atoms with E-state index in [0.29, 0.717) is 32.1 Å². The minimum absolute atomic E-state index is 0.0900. The van der Waals surface area contributed by atoms with Crippen molar-refractivity contribution in [1.82, 2.24) is 0 Å². The number of aliphatic hydroxyl groups excluding tert-OH is 12. The largest absolute Gasteiger partial charge is 0.396 e. The van der Waals surface area contributed by atoms with Crippen LogP contribution in [0.4, 0.5) is 0 Å². The van der Waals surface area contributed by atoms with Gasteiger partial charge in [0.15, 0.2) is 18.9 Å². The van der Waals surface area contributed by atoms with Crippen molar-refractivity contribution < 1.29 is 89.7 Å². The third-order valence-electron chi connectivity index (χ3n) is 14.3. The average Bonchev–Trinajstić information content (AvgIpc) is 3.18. The van der Waals surface area contributed by atoms with Crippen molar-refractivity contribution in [2.75, 3.05) is 26.4 Å². The molecule has 11 unspecified atom stereocenters. The van der Waals surface area contributed by atoms with Crippen LogP contribution >= 0.6 is 0 Å². The Kier molecular flexibility index (Phi) is 13.7. The molecule has 6 aliphatic rings. The molecule has 0 radical (unpaired) electrons. The second-order valence-corrected chi connectivity index (χ2v) is 17.8. The lowest BCUT2D eigenvalue weighted by Gasteiger charge is -2.62. The van der Waals surface area contributed by atoms with Gasteiger partial charge in [-0.05, 0) is 68.1 Å². The number of aliphatic hydroxyl groups is 12. The second kappa shape index (κ2) is 17.2. The molecule has 21 atom stereocenters. The van der Waals surface area contributed by atoms with E-state index in [9.17, 15) is 61.3 Å². The van der Waals surface area contributed by atoms with Crippen molar-refractivity contribution in [3.63, 3.8) is 0 Å². The van der Waals surface area contributed by atoms with Gasteiger partial charge in [-0.2, -0.15) is 0 Å². The van der Waals surface area contributed by atoms with Gasteiger partial charge >= 0.3 is 0 Å². The number of fused-ring (bicyclic) bond motifs is 3. The molecule has 0 spiro atoms. The first-order chi connectivity index (χ1) is 26.4. The highest BCUT2D eigenvalue weighted by atomic mass is 16.7. The molecule has 18 nitrogen and oxygen atoms in total. The van der Waals surface area contributed by atoms with Crippen LogP contribution in [0.15, 0.2) is 11.6 Å². The molecule has 0 amide bonds. The van der Waals surface area contributed by atoms with Crippen LogP contribution in [-0.2, 0) is 28.4 Å². The molecule has 0 bridgehead atoms. The minimum Gasteiger partial charge on any atom is -0.396 e. The summed E-state index contributed by atoms with van der Waals surface area (Å²) in [6, 6.07) is 0. The summed E-state index contributed by atoms with van der Waals surface area (Å²) >= 11 is 0. The Bertz CT molecular complexity index is 1350. The van der Waals surface area contributed by atoms with E-state index in [1.807, 2.05) is 0 Å². The average molecular weight is 809 g/mol. The fraction of sp³-hybridized carbons (Fsp3) is 0.947. The smallest absolute Gasteiger partial charge is 0.187 e. The van der Waals surface area contributed by atoms with E-state index >= 15 is 0 Å². The minimum atomic E-state index is -1.67. The SMILES string of the molecule is C[C@@H]1O[C@@H](O[C@H]2[C@H](O)[C@@H](O)[C@H](OC3CCC4(C)C5CCC(CO)(C(CO)OC6OC(CO)C(O)C(O)C6O)CC5=CCC4C3(C)C)O[C@@H]2CO)[C@H](O)[C@H](O)[C@H]1O. The predicted molar refractivity (Wildman–Crippen MR) is 190 cm³/mol. The van der Waals surface area contributed by atoms with Crippen molar-refractivity contribution in [3.05, 3.63) is 11.6 Å². The van der Waals surface area contributed by atoms with Crippen LogP contribution in [0.2, 0.25) is 0 Å². The first kappa shape index (κ1) is 44.6. The molecule has 3 saturated heterocycles. The van der Waals surface area contributed by atoms with Crippen molar-refractivity contribution >= 4 is 0 Å². The molecular weight excluding hydrogens is 744 g/mol. The van der Waals surface area contributed by atoms with E-state index in [1.54, 1.807) is 0 Å². The summed E-state index contributed by atoms with van der Waals surface area (Å²) in [6.45, 7) is 5.80. The standard InChI is InChI=1S/C38H64O18/c1-16-24(43)26(45)29(48)33(51-16)56-32-20(13-40)53-35(31(50)28(32)47)54-22-8-9-37(4)18-7-10-38(15-42,11-17(18)5-6-21(37)36(22,2)3)23(14-41)55-34-30(49)27(46)25(44)19(12-39)52-34/h5,16,18-35,39-50H,6-15H2,1-4H3/t16-,18?,19?,20+,21?,22?,23?,24-,25?,26+,27?,28+,29+,30?,31+,32+,33-,34?,35-,37?,38?/m0/s1. The van der Waals surface area contributed by atoms with Crippen LogP contribution in [0.25, 0.3) is 0 Å². The highest BCUT2D eigenvalue weighted by Crippen LogP contribution is 2.64. The van der Waals surface area contributed by atoms with Crippen LogP contribution in [0.3, 0.4) is 0 Å². The molecular formula is C38H64O18. The van der Waals surface area contributed by atoms with Gasteiger partial charge in [-0.1, -0.05) is 32.4 Å². The van der Waals surface area contributed by atoms with Crippen molar-refractivity contribution in [1.29, 1.82) is 0 Å². The van der Waals surface area contributed by atoms with E-state index in [0.717, 1.165) is 12.0 Å². The zero-order valence-electron chi connectivity index (χ0n) is 32.4. The molecule has 5 fully saturated rings. The maximum atomic E-state index is 11.2. The Morgan fingerprint density at radius 3 is 1.95 bits per heavy atom. The molecule has 3 aliphatic heterocycles. The van der Waals surface area contributed by atoms with Crippen molar-refractivity contribution in [2.45, 2.75) is 171 Å². The van der Waals surface area contributed by atoms with Gasteiger partial charge < -0.3 is 89.7 Å². The van der Waals surface area contributed by atoms with Gasteiger partial charge in [0.2, 0.25) is 0 Å². The molecule has 0 aromatic rings. The van der Waals surface area contributed by atoms with Crippen LogP contribution in [-0.4, -0.2) is 192 Å². The van der Waals surface area contributed by atoms with Gasteiger partial charge in [-0.15, -0.1) is 0 Å². The normalized spacial score (nSPS) is 51.4. The molecule has 6 rings (SSSR count). The second-order valence-electron chi connectivity index (χ2n) is 17.8. The molecule has 12 N–H and O–H groups in total. The zero-order chi connectivity index (χ0) is 41.1. The summed E-state index contributed by atoms with van der Waals surface area (Å²) in [5.74, 6) is 0.203. The molecule has 56 heavy (non-hydrogen) atoms. The van der Waals surface area contributed by atoms with Crippen molar-refractivity contribution in [3.8, 4) is 0 Å². The van der Waals surface area contributed by atoms with Crippen LogP contribution in [0.5, 0.6) is 0 Å². The van der Waals surface area contributed by atoms with E-state index < -0.39 is 135 Å². The molecule has 3 aliphatic carbocycles. The number of hydrogen-bond donors (Lipinski definition) is 12. The Morgan fingerprint density at radius 1 is 0.696 bits per heavy atom. The predicted octanol–water partition coefficient (Wildman–Crippen LogP) is -3.25. The molecule has 0 aromatic heterocycles. The first-order valence-corrected chi connectivity index (χ1v) is 19.9. The molecule has 2 saturated carbocycles. The maximum absolute atomic E-state index is 11.2. The van der Waals surface area contributed by atoms with Gasteiger partial charge in [0, 0.05) is 5.41 Å². The maximum Gasteiger partial charge on any atom is 0.187 e. The summed E-state index contributed by atoms with van der Waals surface area (Å²) in [4.78, 5) is 0. The Balaban J connectivity index is 1.13. The molecule has 0 aromatic carbocycles. The molecule has 18 heteroatoms. The van der Waals surface area contributed by atoms with Gasteiger partial charge in [-0.3, -0.25) is 0 Å². The summed E-state index contributed by atoms with van der Waals surface area (Å²) in [6.07, 6.45) is -17.6. The number of ether oxygens (including phenoxy) is 6. The summed E-state index contributed by atoms with van der Waals surface area (Å²) < 4.78 is 35.3. The van der Waals surface area contributed by atoms with Gasteiger partial charge in [0.1, 0.15) is 67.1 Å². The van der Waals surface area contributed by atoms with Gasteiger partial charge in [0.25, 0.3) is 0 Å². The molecule has 324 valence electrons. The zero-order valence-corrected chi connectivity index (χ0v) is 32.4. The monoisotopic (exact) mass is 808 g/mol. The quantitative estimate of drug-likeness (QED) is 0.0913. The van der Waals surface area contributed by atoms with E-state index in [2.05, 4.69) is 26.8 Å². The summed E-state index contributed by atoms with van der Waals surface area (Å²) in [7, 11) is 0. The number of hydrogen-bond acceptors (Lipinski definition) is 18. The Morgan fingerprint density at radius 2 is 1.30 bits per heavy atom. The topological polar surface area (TPSA) is 298 Å². The summed E-state index contributed by atoms with van der Waals surface area (Å²) in [5.41, 5.74) is -0.528. The van der Waals surface area contributed by atoms with Crippen LogP contribution in [0, 0.1) is 28.1 Å². The molecule has 3 heterocycles. The fourth-order valence-corrected chi connectivity index (χ4v) is 10.8. The van der Waals surface area contributed by atoms with Gasteiger partial charge in [0.05, 0.1) is 44.7 Å². The van der Waals surface area contributed by atoms with Gasteiger partial charge in [-0.25, -0.2) is 0 Å².